The number of aromatic nitrogens is 1. The summed E-state index contributed by atoms with van der Waals surface area (Å²) in [4.78, 5) is 31.7. The molecule has 0 bridgehead atoms. The van der Waals surface area contributed by atoms with Gasteiger partial charge in [-0.3, -0.25) is 0 Å². The van der Waals surface area contributed by atoms with Crippen LogP contribution in [0.2, 0.25) is 0 Å². The first kappa shape index (κ1) is 16.5. The lowest BCUT2D eigenvalue weighted by molar-refractivity contribution is -0.141. The maximum absolute atomic E-state index is 12.8. The monoisotopic (exact) mass is 367 g/mol. The Morgan fingerprint density at radius 3 is 2.77 bits per heavy atom. The van der Waals surface area contributed by atoms with Gasteiger partial charge in [-0.15, -0.1) is 11.3 Å². The molecule has 1 aliphatic rings. The van der Waals surface area contributed by atoms with E-state index in [1.807, 2.05) is 42.5 Å². The number of nitrogens with zero attached hydrogens (tertiary/aromatic N) is 2. The second-order valence-electron chi connectivity index (χ2n) is 6.15. The summed E-state index contributed by atoms with van der Waals surface area (Å²) in [6.45, 7) is 0.448. The highest BCUT2D eigenvalue weighted by Gasteiger charge is 2.34. The van der Waals surface area contributed by atoms with E-state index in [2.05, 4.69) is 10.3 Å². The Kier molecular flexibility index (Phi) is 4.30. The van der Waals surface area contributed by atoms with Gasteiger partial charge in [-0.1, -0.05) is 30.3 Å². The van der Waals surface area contributed by atoms with Crippen LogP contribution in [-0.4, -0.2) is 39.6 Å². The van der Waals surface area contributed by atoms with Crippen molar-refractivity contribution in [1.82, 2.24) is 9.88 Å². The molecule has 0 saturated carbocycles. The topological polar surface area (TPSA) is 82.5 Å². The van der Waals surface area contributed by atoms with E-state index in [1.54, 1.807) is 6.20 Å². The number of benzene rings is 1. The summed E-state index contributed by atoms with van der Waals surface area (Å²) in [7, 11) is 0. The van der Waals surface area contributed by atoms with E-state index in [4.69, 9.17) is 0 Å². The molecule has 2 amide bonds. The van der Waals surface area contributed by atoms with E-state index in [-0.39, 0.29) is 6.03 Å². The Morgan fingerprint density at radius 2 is 2.00 bits per heavy atom. The summed E-state index contributed by atoms with van der Waals surface area (Å²) in [5.74, 6) is -0.960. The van der Waals surface area contributed by atoms with E-state index < -0.39 is 12.0 Å². The molecule has 3 aromatic rings. The van der Waals surface area contributed by atoms with Crippen LogP contribution >= 0.6 is 11.3 Å². The van der Waals surface area contributed by atoms with Crippen molar-refractivity contribution >= 4 is 39.2 Å². The molecule has 2 N–H and O–H groups in total. The third kappa shape index (κ3) is 2.90. The smallest absolute Gasteiger partial charge is 0.326 e. The number of nitrogens with one attached hydrogen (secondary N) is 1. The fourth-order valence-corrected chi connectivity index (χ4v) is 4.40. The number of aliphatic carboxylic acids is 1. The standard InChI is InChI=1S/C19H17N3O3S/c23-18(24)14-9-5-11-22(14)19(25)21-15-13-8-4-10-20-17(13)26-16(15)12-6-2-1-3-7-12/h1-4,6-8,10,14H,5,9,11H2,(H,21,25)(H,23,24). The largest absolute Gasteiger partial charge is 0.480 e. The summed E-state index contributed by atoms with van der Waals surface area (Å²) < 4.78 is 0. The van der Waals surface area contributed by atoms with Crippen LogP contribution in [0.4, 0.5) is 10.5 Å². The highest BCUT2D eigenvalue weighted by atomic mass is 32.1. The number of carbonyl (C=O) groups is 2. The molecule has 7 heteroatoms. The van der Waals surface area contributed by atoms with Gasteiger partial charge < -0.3 is 15.3 Å². The van der Waals surface area contributed by atoms with Crippen molar-refractivity contribution < 1.29 is 14.7 Å². The Bertz CT molecular complexity index is 971. The molecule has 132 valence electrons. The second kappa shape index (κ2) is 6.76. The fourth-order valence-electron chi connectivity index (χ4n) is 3.29. The summed E-state index contributed by atoms with van der Waals surface area (Å²) in [5.41, 5.74) is 1.67. The molecule has 1 saturated heterocycles. The number of pyridine rings is 1. The molecular formula is C19H17N3O3S. The SMILES string of the molecule is O=C(O)C1CCCN1C(=O)Nc1c(-c2ccccc2)sc2ncccc12. The van der Waals surface area contributed by atoms with Crippen LogP contribution in [0.25, 0.3) is 20.7 Å². The molecule has 1 atom stereocenters. The van der Waals surface area contributed by atoms with Crippen LogP contribution in [0.1, 0.15) is 12.8 Å². The van der Waals surface area contributed by atoms with Gasteiger partial charge in [-0.2, -0.15) is 0 Å². The van der Waals surface area contributed by atoms with Gasteiger partial charge in [-0.25, -0.2) is 14.6 Å². The van der Waals surface area contributed by atoms with E-state index in [0.717, 1.165) is 20.7 Å². The fraction of sp³-hybridized carbons (Fsp3) is 0.211. The first-order chi connectivity index (χ1) is 12.6. The first-order valence-corrected chi connectivity index (χ1v) is 9.20. The van der Waals surface area contributed by atoms with Crippen LogP contribution in [0.15, 0.2) is 48.7 Å². The minimum Gasteiger partial charge on any atom is -0.480 e. The summed E-state index contributed by atoms with van der Waals surface area (Å²) in [6, 6.07) is 12.4. The molecule has 1 unspecified atom stereocenters. The lowest BCUT2D eigenvalue weighted by Gasteiger charge is -2.22. The summed E-state index contributed by atoms with van der Waals surface area (Å²) in [6.07, 6.45) is 2.91. The van der Waals surface area contributed by atoms with Gasteiger partial charge in [0, 0.05) is 18.1 Å². The zero-order valence-electron chi connectivity index (χ0n) is 13.9. The molecule has 6 nitrogen and oxygen atoms in total. The number of anilines is 1. The molecule has 0 radical (unpaired) electrons. The average molecular weight is 367 g/mol. The highest BCUT2D eigenvalue weighted by Crippen LogP contribution is 2.41. The van der Waals surface area contributed by atoms with Gasteiger partial charge in [-0.05, 0) is 30.5 Å². The number of rotatable bonds is 3. The van der Waals surface area contributed by atoms with Crippen LogP contribution in [-0.2, 0) is 4.79 Å². The number of likely N-dealkylation sites (tertiary alicyclic amines) is 1. The Labute approximate surface area is 154 Å². The molecule has 0 spiro atoms. The number of fused-ring (bicyclic) bond motifs is 1. The van der Waals surface area contributed by atoms with Crippen molar-refractivity contribution in [3.8, 4) is 10.4 Å². The average Bonchev–Trinajstić information content (AvgIpc) is 3.28. The summed E-state index contributed by atoms with van der Waals surface area (Å²) >= 11 is 1.51. The second-order valence-corrected chi connectivity index (χ2v) is 7.15. The van der Waals surface area contributed by atoms with Gasteiger partial charge in [0.2, 0.25) is 0 Å². The third-order valence-corrected chi connectivity index (χ3v) is 5.70. The number of hydrogen-bond acceptors (Lipinski definition) is 4. The van der Waals surface area contributed by atoms with Gasteiger partial charge in [0.05, 0.1) is 10.6 Å². The van der Waals surface area contributed by atoms with Crippen molar-refractivity contribution in [3.05, 3.63) is 48.7 Å². The number of carboxylic acid groups (broad SMARTS) is 1. The highest BCUT2D eigenvalue weighted by molar-refractivity contribution is 7.22. The molecule has 26 heavy (non-hydrogen) atoms. The molecule has 2 aromatic heterocycles. The Balaban J connectivity index is 1.74. The van der Waals surface area contributed by atoms with Crippen LogP contribution < -0.4 is 5.32 Å². The van der Waals surface area contributed by atoms with E-state index in [1.165, 1.54) is 16.2 Å². The number of amides is 2. The molecule has 1 fully saturated rings. The minimum atomic E-state index is -0.960. The van der Waals surface area contributed by atoms with Crippen molar-refractivity contribution in [3.63, 3.8) is 0 Å². The van der Waals surface area contributed by atoms with E-state index in [9.17, 15) is 14.7 Å². The Morgan fingerprint density at radius 1 is 1.19 bits per heavy atom. The third-order valence-electron chi connectivity index (χ3n) is 4.53. The van der Waals surface area contributed by atoms with Crippen molar-refractivity contribution in [2.24, 2.45) is 0 Å². The van der Waals surface area contributed by atoms with Crippen molar-refractivity contribution in [1.29, 1.82) is 0 Å². The van der Waals surface area contributed by atoms with Gasteiger partial charge in [0.1, 0.15) is 10.9 Å². The van der Waals surface area contributed by atoms with Crippen molar-refractivity contribution in [2.75, 3.05) is 11.9 Å². The molecule has 0 aliphatic carbocycles. The molecule has 3 heterocycles. The van der Waals surface area contributed by atoms with Crippen LogP contribution in [0.5, 0.6) is 0 Å². The number of thiophene rings is 1. The summed E-state index contributed by atoms with van der Waals surface area (Å²) in [5, 5.41) is 13.1. The maximum Gasteiger partial charge on any atom is 0.326 e. The Hall–Kier alpha value is -2.93. The lowest BCUT2D eigenvalue weighted by atomic mass is 10.1. The van der Waals surface area contributed by atoms with Gasteiger partial charge in [0.15, 0.2) is 0 Å². The first-order valence-electron chi connectivity index (χ1n) is 8.38. The normalized spacial score (nSPS) is 16.8. The predicted molar refractivity (Wildman–Crippen MR) is 101 cm³/mol. The molecule has 1 aromatic carbocycles. The van der Waals surface area contributed by atoms with Gasteiger partial charge >= 0.3 is 12.0 Å². The quantitative estimate of drug-likeness (QED) is 0.732. The molecule has 1 aliphatic heterocycles. The number of carbonyl (C=O) groups excluding carboxylic acids is 1. The zero-order valence-corrected chi connectivity index (χ0v) is 14.7. The molecular weight excluding hydrogens is 350 g/mol. The number of carboxylic acids is 1. The number of hydrogen-bond donors (Lipinski definition) is 2. The van der Waals surface area contributed by atoms with Crippen molar-refractivity contribution in [2.45, 2.75) is 18.9 Å². The molecule has 4 rings (SSSR count). The minimum absolute atomic E-state index is 0.379. The van der Waals surface area contributed by atoms with E-state index >= 15 is 0 Å². The van der Waals surface area contributed by atoms with Crippen LogP contribution in [0.3, 0.4) is 0 Å². The van der Waals surface area contributed by atoms with E-state index in [0.29, 0.717) is 25.1 Å². The lowest BCUT2D eigenvalue weighted by Crippen LogP contribution is -2.42. The zero-order chi connectivity index (χ0) is 18.1. The maximum atomic E-state index is 12.8. The predicted octanol–water partition coefficient (Wildman–Crippen LogP) is 4.04. The van der Waals surface area contributed by atoms with Gasteiger partial charge in [0.25, 0.3) is 0 Å². The van der Waals surface area contributed by atoms with Crippen LogP contribution in [0, 0.1) is 0 Å². The number of urea groups is 1.